The maximum absolute atomic E-state index is 12.8. The zero-order valence-electron chi connectivity index (χ0n) is 15.7. The van der Waals surface area contributed by atoms with E-state index in [1.54, 1.807) is 6.07 Å². The summed E-state index contributed by atoms with van der Waals surface area (Å²) in [5.74, 6) is 0.402. The first-order chi connectivity index (χ1) is 12.9. The third-order valence-corrected chi connectivity index (χ3v) is 6.14. The maximum Gasteiger partial charge on any atom is 0.241 e. The lowest BCUT2D eigenvalue weighted by Crippen LogP contribution is -2.54. The second-order valence-electron chi connectivity index (χ2n) is 7.20. The number of benzene rings is 1. The van der Waals surface area contributed by atoms with Gasteiger partial charge in [-0.3, -0.25) is 4.79 Å². The van der Waals surface area contributed by atoms with E-state index in [2.05, 4.69) is 15.4 Å². The average molecular weight is 397 g/mol. The van der Waals surface area contributed by atoms with E-state index in [4.69, 9.17) is 9.47 Å². The van der Waals surface area contributed by atoms with E-state index in [-0.39, 0.29) is 22.8 Å². The number of sulfonamides is 1. The number of ether oxygens (including phenoxy) is 2. The van der Waals surface area contributed by atoms with Crippen molar-refractivity contribution >= 4 is 15.9 Å². The van der Waals surface area contributed by atoms with Crippen molar-refractivity contribution < 1.29 is 22.7 Å². The highest BCUT2D eigenvalue weighted by molar-refractivity contribution is 7.89. The van der Waals surface area contributed by atoms with E-state index in [9.17, 15) is 13.2 Å². The predicted octanol–water partition coefficient (Wildman–Crippen LogP) is 0.629. The zero-order chi connectivity index (χ0) is 19.4. The Kier molecular flexibility index (Phi) is 6.23. The summed E-state index contributed by atoms with van der Waals surface area (Å²) in [6, 6.07) is 3.62. The van der Waals surface area contributed by atoms with Crippen LogP contribution in [0.3, 0.4) is 0 Å². The van der Waals surface area contributed by atoms with Crippen LogP contribution in [0.4, 0.5) is 0 Å². The first-order valence-electron chi connectivity index (χ1n) is 9.30. The monoisotopic (exact) mass is 397 g/mol. The summed E-state index contributed by atoms with van der Waals surface area (Å²) in [6.07, 6.45) is 1.87. The summed E-state index contributed by atoms with van der Waals surface area (Å²) < 4.78 is 39.1. The van der Waals surface area contributed by atoms with Crippen molar-refractivity contribution in [1.29, 1.82) is 0 Å². The molecule has 0 radical (unpaired) electrons. The molecular formula is C18H27N3O5S. The lowest BCUT2D eigenvalue weighted by atomic mass is 10.0. The standard InChI is InChI=1S/C18H27N3O5S/c1-12(2)17(18(22)20-13-4-3-7-19-11-13)21-27(23,24)14-5-6-15-16(10-14)26-9-8-25-15/h5-6,10,12-13,17,19,21H,3-4,7-9,11H2,1-2H3,(H,20,22)/t13-,17?/m0/s1. The number of nitrogens with one attached hydrogen (secondary N) is 3. The van der Waals surface area contributed by atoms with Crippen molar-refractivity contribution in [3.05, 3.63) is 18.2 Å². The summed E-state index contributed by atoms with van der Waals surface area (Å²) in [5.41, 5.74) is 0. The van der Waals surface area contributed by atoms with Gasteiger partial charge in [0.2, 0.25) is 15.9 Å². The third kappa shape index (κ3) is 4.91. The molecule has 150 valence electrons. The normalized spacial score (nSPS) is 20.9. The number of piperidine rings is 1. The number of hydrogen-bond donors (Lipinski definition) is 3. The highest BCUT2D eigenvalue weighted by Crippen LogP contribution is 2.32. The van der Waals surface area contributed by atoms with Gasteiger partial charge in [-0.15, -0.1) is 0 Å². The summed E-state index contributed by atoms with van der Waals surface area (Å²) in [5, 5.41) is 6.18. The molecule has 8 nitrogen and oxygen atoms in total. The fraction of sp³-hybridized carbons (Fsp3) is 0.611. The molecule has 27 heavy (non-hydrogen) atoms. The lowest BCUT2D eigenvalue weighted by Gasteiger charge is -2.28. The van der Waals surface area contributed by atoms with Crippen LogP contribution < -0.4 is 24.8 Å². The molecular weight excluding hydrogens is 370 g/mol. The molecule has 0 aliphatic carbocycles. The molecule has 9 heteroatoms. The van der Waals surface area contributed by atoms with Crippen LogP contribution >= 0.6 is 0 Å². The number of carbonyl (C=O) groups excluding carboxylic acids is 1. The fourth-order valence-corrected chi connectivity index (χ4v) is 4.54. The van der Waals surface area contributed by atoms with Gasteiger partial charge in [0, 0.05) is 18.7 Å². The van der Waals surface area contributed by atoms with Gasteiger partial charge in [0.15, 0.2) is 11.5 Å². The van der Waals surface area contributed by atoms with Crippen molar-refractivity contribution in [2.75, 3.05) is 26.3 Å². The van der Waals surface area contributed by atoms with Gasteiger partial charge >= 0.3 is 0 Å². The summed E-state index contributed by atoms with van der Waals surface area (Å²) in [6.45, 7) is 6.08. The molecule has 3 N–H and O–H groups in total. The van der Waals surface area contributed by atoms with Gasteiger partial charge in [0.25, 0.3) is 0 Å². The molecule has 2 atom stereocenters. The van der Waals surface area contributed by atoms with Crippen LogP contribution in [0, 0.1) is 5.92 Å². The van der Waals surface area contributed by atoms with E-state index >= 15 is 0 Å². The number of amides is 1. The van der Waals surface area contributed by atoms with E-state index in [0.29, 0.717) is 31.3 Å². The van der Waals surface area contributed by atoms with Crippen LogP contribution in [0.2, 0.25) is 0 Å². The quantitative estimate of drug-likeness (QED) is 0.650. The van der Waals surface area contributed by atoms with Crippen molar-refractivity contribution in [2.45, 2.75) is 43.7 Å². The highest BCUT2D eigenvalue weighted by Gasteiger charge is 2.30. The van der Waals surface area contributed by atoms with Gasteiger partial charge < -0.3 is 20.1 Å². The molecule has 2 aliphatic heterocycles. The minimum atomic E-state index is -3.89. The van der Waals surface area contributed by atoms with Crippen LogP contribution in [-0.2, 0) is 14.8 Å². The molecule has 0 aromatic heterocycles. The average Bonchev–Trinajstić information content (AvgIpc) is 2.66. The van der Waals surface area contributed by atoms with Crippen molar-refractivity contribution in [2.24, 2.45) is 5.92 Å². The number of hydrogen-bond acceptors (Lipinski definition) is 6. The molecule has 0 saturated carbocycles. The molecule has 2 aliphatic rings. The van der Waals surface area contributed by atoms with E-state index in [0.717, 1.165) is 19.4 Å². The van der Waals surface area contributed by atoms with Gasteiger partial charge in [-0.1, -0.05) is 13.8 Å². The van der Waals surface area contributed by atoms with Crippen LogP contribution in [0.25, 0.3) is 0 Å². The Morgan fingerprint density at radius 3 is 2.63 bits per heavy atom. The molecule has 1 amide bonds. The second-order valence-corrected chi connectivity index (χ2v) is 8.91. The molecule has 1 saturated heterocycles. The van der Waals surface area contributed by atoms with Gasteiger partial charge in [0.1, 0.15) is 19.3 Å². The summed E-state index contributed by atoms with van der Waals surface area (Å²) >= 11 is 0. The molecule has 1 aromatic rings. The van der Waals surface area contributed by atoms with Crippen LogP contribution in [-0.4, -0.2) is 52.7 Å². The lowest BCUT2D eigenvalue weighted by molar-refractivity contribution is -0.124. The Balaban J connectivity index is 1.73. The van der Waals surface area contributed by atoms with E-state index < -0.39 is 16.1 Å². The van der Waals surface area contributed by atoms with Gasteiger partial charge in [-0.2, -0.15) is 4.72 Å². The van der Waals surface area contributed by atoms with Crippen molar-refractivity contribution in [1.82, 2.24) is 15.4 Å². The molecule has 1 unspecified atom stereocenters. The summed E-state index contributed by atoms with van der Waals surface area (Å²) in [4.78, 5) is 12.7. The Labute approximate surface area is 160 Å². The summed E-state index contributed by atoms with van der Waals surface area (Å²) in [7, 11) is -3.89. The predicted molar refractivity (Wildman–Crippen MR) is 100 cm³/mol. The molecule has 1 aromatic carbocycles. The molecule has 0 bridgehead atoms. The van der Waals surface area contributed by atoms with Crippen LogP contribution in [0.5, 0.6) is 11.5 Å². The molecule has 1 fully saturated rings. The fourth-order valence-electron chi connectivity index (χ4n) is 3.18. The smallest absolute Gasteiger partial charge is 0.241 e. The maximum atomic E-state index is 12.8. The number of fused-ring (bicyclic) bond motifs is 1. The van der Waals surface area contributed by atoms with Gasteiger partial charge in [-0.25, -0.2) is 8.42 Å². The SMILES string of the molecule is CC(C)C(NS(=O)(=O)c1ccc2c(c1)OCCO2)C(=O)N[C@H]1CCCNC1. The van der Waals surface area contributed by atoms with Gasteiger partial charge in [0.05, 0.1) is 4.90 Å². The largest absolute Gasteiger partial charge is 0.486 e. The van der Waals surface area contributed by atoms with E-state index in [1.807, 2.05) is 13.8 Å². The zero-order valence-corrected chi connectivity index (χ0v) is 16.5. The third-order valence-electron chi connectivity index (χ3n) is 4.70. The van der Waals surface area contributed by atoms with Crippen LogP contribution in [0.1, 0.15) is 26.7 Å². The molecule has 2 heterocycles. The number of rotatable bonds is 6. The minimum Gasteiger partial charge on any atom is -0.486 e. The Morgan fingerprint density at radius 1 is 1.22 bits per heavy atom. The first-order valence-corrected chi connectivity index (χ1v) is 10.8. The van der Waals surface area contributed by atoms with Crippen LogP contribution in [0.15, 0.2) is 23.1 Å². The first kappa shape index (κ1) is 19.9. The van der Waals surface area contributed by atoms with E-state index in [1.165, 1.54) is 12.1 Å². The van der Waals surface area contributed by atoms with Crippen molar-refractivity contribution in [3.8, 4) is 11.5 Å². The van der Waals surface area contributed by atoms with Gasteiger partial charge in [-0.05, 0) is 37.4 Å². The van der Waals surface area contributed by atoms with Crippen molar-refractivity contribution in [3.63, 3.8) is 0 Å². The molecule has 0 spiro atoms. The second kappa shape index (κ2) is 8.45. The Morgan fingerprint density at radius 2 is 1.96 bits per heavy atom. The highest BCUT2D eigenvalue weighted by atomic mass is 32.2. The molecule has 3 rings (SSSR count). The topological polar surface area (TPSA) is 106 Å². The Hall–Kier alpha value is -1.84. The Bertz CT molecular complexity index is 775. The number of carbonyl (C=O) groups is 1. The minimum absolute atomic E-state index is 0.0197.